The maximum atomic E-state index is 14.0. The molecular weight excluding hydrogens is 305 g/mol. The first-order valence-corrected chi connectivity index (χ1v) is 7.05. The lowest BCUT2D eigenvalue weighted by molar-refractivity contribution is -0.193. The van der Waals surface area contributed by atoms with Crippen LogP contribution in [0.5, 0.6) is 0 Å². The van der Waals surface area contributed by atoms with Crippen molar-refractivity contribution in [2.45, 2.75) is 24.4 Å². The van der Waals surface area contributed by atoms with Crippen LogP contribution in [0.25, 0.3) is 5.65 Å². The molecule has 1 saturated carbocycles. The van der Waals surface area contributed by atoms with Gasteiger partial charge < -0.3 is 4.90 Å². The summed E-state index contributed by atoms with van der Waals surface area (Å²) in [6.45, 7) is -0.0885. The molecule has 21 heavy (non-hydrogen) atoms. The average molecular weight is 317 g/mol. The fourth-order valence-corrected chi connectivity index (χ4v) is 3.65. The number of anilines is 1. The van der Waals surface area contributed by atoms with Gasteiger partial charge in [0.2, 0.25) is 0 Å². The van der Waals surface area contributed by atoms with Crippen LogP contribution in [-0.4, -0.2) is 34.4 Å². The number of fused-ring (bicyclic) bond motifs is 3. The van der Waals surface area contributed by atoms with Crippen LogP contribution in [0.2, 0.25) is 5.15 Å². The van der Waals surface area contributed by atoms with Crippen LogP contribution in [0.1, 0.15) is 18.5 Å². The monoisotopic (exact) mass is 316 g/mol. The molecule has 1 unspecified atom stereocenters. The van der Waals surface area contributed by atoms with Crippen molar-refractivity contribution in [2.24, 2.45) is 5.92 Å². The molecule has 0 amide bonds. The average Bonchev–Trinajstić information content (AvgIpc) is 3.08. The smallest absolute Gasteiger partial charge is 0.371 e. The summed E-state index contributed by atoms with van der Waals surface area (Å²) in [6.07, 6.45) is -1.67. The van der Waals surface area contributed by atoms with Gasteiger partial charge in [0.15, 0.2) is 10.8 Å². The molecule has 1 atom stereocenters. The first kappa shape index (κ1) is 13.2. The molecule has 1 fully saturated rings. The maximum absolute atomic E-state index is 14.0. The van der Waals surface area contributed by atoms with Crippen LogP contribution in [0.3, 0.4) is 0 Å². The topological polar surface area (TPSA) is 33.4 Å². The van der Waals surface area contributed by atoms with Crippen LogP contribution in [0.15, 0.2) is 12.3 Å². The molecule has 1 aliphatic heterocycles. The highest BCUT2D eigenvalue weighted by Crippen LogP contribution is 2.60. The molecule has 112 valence electrons. The molecule has 4 rings (SSSR count). The number of halogens is 4. The molecule has 1 aliphatic carbocycles. The second-order valence-corrected chi connectivity index (χ2v) is 6.22. The molecule has 0 spiro atoms. The van der Waals surface area contributed by atoms with Crippen molar-refractivity contribution in [3.63, 3.8) is 0 Å². The van der Waals surface area contributed by atoms with Crippen molar-refractivity contribution in [3.8, 4) is 0 Å². The van der Waals surface area contributed by atoms with E-state index in [4.69, 9.17) is 11.6 Å². The molecule has 2 aliphatic rings. The lowest BCUT2D eigenvalue weighted by Crippen LogP contribution is -2.48. The van der Waals surface area contributed by atoms with E-state index in [0.717, 1.165) is 0 Å². The minimum absolute atomic E-state index is 0.0885. The van der Waals surface area contributed by atoms with E-state index in [2.05, 4.69) is 10.1 Å². The Bertz CT molecular complexity index is 737. The molecule has 2 aromatic rings. The predicted molar refractivity (Wildman–Crippen MR) is 71.7 cm³/mol. The quantitative estimate of drug-likeness (QED) is 0.811. The van der Waals surface area contributed by atoms with E-state index in [1.807, 2.05) is 0 Å². The largest absolute Gasteiger partial charge is 0.402 e. The van der Waals surface area contributed by atoms with E-state index < -0.39 is 17.5 Å². The van der Waals surface area contributed by atoms with E-state index >= 15 is 0 Å². The zero-order chi connectivity index (χ0) is 15.0. The second-order valence-electron chi connectivity index (χ2n) is 5.83. The summed E-state index contributed by atoms with van der Waals surface area (Å²) >= 11 is 5.86. The number of aromatic nitrogens is 3. The number of hydrogen-bond donors (Lipinski definition) is 0. The minimum Gasteiger partial charge on any atom is -0.371 e. The Morgan fingerprint density at radius 2 is 2.10 bits per heavy atom. The third kappa shape index (κ3) is 1.58. The Kier molecular flexibility index (Phi) is 2.40. The van der Waals surface area contributed by atoms with Gasteiger partial charge in [-0.3, -0.25) is 0 Å². The number of nitrogens with zero attached hydrogens (tertiary/aromatic N) is 4. The number of hydrogen-bond acceptors (Lipinski definition) is 3. The van der Waals surface area contributed by atoms with Gasteiger partial charge in [0.05, 0.1) is 17.6 Å². The second kappa shape index (κ2) is 3.82. The molecule has 0 saturated heterocycles. The zero-order valence-electron chi connectivity index (χ0n) is 11.2. The van der Waals surface area contributed by atoms with Crippen molar-refractivity contribution in [2.75, 3.05) is 18.5 Å². The normalized spacial score (nSPS) is 25.7. The highest BCUT2D eigenvalue weighted by molar-refractivity contribution is 6.29. The molecule has 3 heterocycles. The van der Waals surface area contributed by atoms with Gasteiger partial charge >= 0.3 is 6.18 Å². The maximum Gasteiger partial charge on any atom is 0.402 e. The first-order valence-electron chi connectivity index (χ1n) is 6.67. The van der Waals surface area contributed by atoms with Gasteiger partial charge in [-0.2, -0.15) is 18.3 Å². The van der Waals surface area contributed by atoms with Crippen LogP contribution < -0.4 is 4.90 Å². The molecule has 4 nitrogen and oxygen atoms in total. The lowest BCUT2D eigenvalue weighted by atomic mass is 9.80. The molecule has 0 bridgehead atoms. The highest BCUT2D eigenvalue weighted by atomic mass is 35.5. The van der Waals surface area contributed by atoms with Gasteiger partial charge in [-0.05, 0) is 18.8 Å². The third-order valence-electron chi connectivity index (χ3n) is 4.53. The van der Waals surface area contributed by atoms with Gasteiger partial charge in [-0.1, -0.05) is 11.6 Å². The van der Waals surface area contributed by atoms with Crippen LogP contribution in [-0.2, 0) is 5.41 Å². The molecule has 8 heteroatoms. The third-order valence-corrected chi connectivity index (χ3v) is 4.72. The molecule has 0 N–H and O–H groups in total. The van der Waals surface area contributed by atoms with Gasteiger partial charge in [0.1, 0.15) is 5.41 Å². The zero-order valence-corrected chi connectivity index (χ0v) is 11.9. The van der Waals surface area contributed by atoms with E-state index in [1.165, 1.54) is 16.8 Å². The fourth-order valence-electron chi connectivity index (χ4n) is 3.48. The summed E-state index contributed by atoms with van der Waals surface area (Å²) in [7, 11) is 1.66. The predicted octanol–water partition coefficient (Wildman–Crippen LogP) is 3.04. The summed E-state index contributed by atoms with van der Waals surface area (Å²) in [6, 6.07) is 1.48. The Labute approximate surface area is 123 Å². The van der Waals surface area contributed by atoms with Gasteiger partial charge in [0, 0.05) is 19.7 Å². The Hall–Kier alpha value is -1.50. The van der Waals surface area contributed by atoms with Gasteiger partial charge in [-0.25, -0.2) is 9.50 Å². The van der Waals surface area contributed by atoms with Gasteiger partial charge in [-0.15, -0.1) is 0 Å². The number of rotatable bonds is 1. The van der Waals surface area contributed by atoms with E-state index in [9.17, 15) is 13.2 Å². The van der Waals surface area contributed by atoms with Crippen molar-refractivity contribution in [3.05, 3.63) is 23.1 Å². The summed E-state index contributed by atoms with van der Waals surface area (Å²) < 4.78 is 43.2. The summed E-state index contributed by atoms with van der Waals surface area (Å²) in [4.78, 5) is 5.77. The molecule has 0 radical (unpaired) electrons. The number of likely N-dealkylation sites (N-methyl/N-ethyl adjacent to an activating group) is 1. The fraction of sp³-hybridized carbons (Fsp3) is 0.538. The van der Waals surface area contributed by atoms with Crippen molar-refractivity contribution >= 4 is 22.9 Å². The van der Waals surface area contributed by atoms with Gasteiger partial charge in [0.25, 0.3) is 0 Å². The Morgan fingerprint density at radius 1 is 1.38 bits per heavy atom. The van der Waals surface area contributed by atoms with Crippen molar-refractivity contribution in [1.29, 1.82) is 0 Å². The summed E-state index contributed by atoms with van der Waals surface area (Å²) in [5.74, 6) is -0.394. The highest BCUT2D eigenvalue weighted by Gasteiger charge is 2.68. The van der Waals surface area contributed by atoms with Crippen LogP contribution >= 0.6 is 11.6 Å². The Balaban J connectivity index is 2.09. The van der Waals surface area contributed by atoms with Crippen LogP contribution in [0, 0.1) is 5.92 Å². The van der Waals surface area contributed by atoms with Crippen molar-refractivity contribution < 1.29 is 13.2 Å². The number of alkyl halides is 3. The molecule has 0 aromatic carbocycles. The van der Waals surface area contributed by atoms with E-state index in [-0.39, 0.29) is 17.4 Å². The first-order chi connectivity index (χ1) is 9.84. The van der Waals surface area contributed by atoms with Crippen LogP contribution in [0.4, 0.5) is 18.9 Å². The SMILES string of the molecule is CN1CC(C2CC2)(C(F)(F)F)c2c1cnc1cc(Cl)nn21. The standard InChI is InChI=1S/C13H12ClF3N4/c1-20-6-12(7-2-3-7,13(15,16)17)11-8(20)5-18-10-4-9(14)19-21(10)11/h4-5,7H,2-3,6H2,1H3. The van der Waals surface area contributed by atoms with E-state index in [1.54, 1.807) is 11.9 Å². The molecular formula is C13H12ClF3N4. The lowest BCUT2D eigenvalue weighted by Gasteiger charge is -2.32. The van der Waals surface area contributed by atoms with E-state index in [0.29, 0.717) is 24.2 Å². The summed E-state index contributed by atoms with van der Waals surface area (Å²) in [5, 5.41) is 4.18. The van der Waals surface area contributed by atoms with Crippen molar-refractivity contribution in [1.82, 2.24) is 14.6 Å². The Morgan fingerprint density at radius 3 is 2.71 bits per heavy atom. The minimum atomic E-state index is -4.33. The summed E-state index contributed by atoms with van der Waals surface area (Å²) in [5.41, 5.74) is -0.875. The molecule has 2 aromatic heterocycles.